The topological polar surface area (TPSA) is 119 Å². The molecular weight excluding hydrogens is 422 g/mol. The molecule has 0 aromatic carbocycles. The van der Waals surface area contributed by atoms with Crippen LogP contribution >= 0.6 is 0 Å². The highest BCUT2D eigenvalue weighted by molar-refractivity contribution is 6.06. The van der Waals surface area contributed by atoms with Gasteiger partial charge in [-0.05, 0) is 51.3 Å². The maximum atomic E-state index is 13.3. The van der Waals surface area contributed by atoms with Gasteiger partial charge in [0.2, 0.25) is 0 Å². The van der Waals surface area contributed by atoms with Gasteiger partial charge < -0.3 is 15.0 Å². The molecule has 1 atom stereocenters. The van der Waals surface area contributed by atoms with Crippen LogP contribution in [0.1, 0.15) is 76.2 Å². The quantitative estimate of drug-likeness (QED) is 0.578. The van der Waals surface area contributed by atoms with E-state index < -0.39 is 0 Å². The van der Waals surface area contributed by atoms with Gasteiger partial charge in [-0.2, -0.15) is 5.10 Å². The number of nitrogens with one attached hydrogen (secondary N) is 2. The zero-order valence-corrected chi connectivity index (χ0v) is 19.0. The van der Waals surface area contributed by atoms with Crippen molar-refractivity contribution in [2.24, 2.45) is 0 Å². The molecule has 1 saturated carbocycles. The van der Waals surface area contributed by atoms with E-state index in [1.807, 2.05) is 32.9 Å². The summed E-state index contributed by atoms with van der Waals surface area (Å²) in [6.07, 6.45) is 2.98. The van der Waals surface area contributed by atoms with Gasteiger partial charge in [0, 0.05) is 35.8 Å². The van der Waals surface area contributed by atoms with Crippen LogP contribution in [-0.4, -0.2) is 38.2 Å². The maximum Gasteiger partial charge on any atom is 0.307 e. The van der Waals surface area contributed by atoms with E-state index >= 15 is 0 Å². The van der Waals surface area contributed by atoms with Gasteiger partial charge in [-0.25, -0.2) is 9.67 Å². The van der Waals surface area contributed by atoms with Crippen molar-refractivity contribution in [2.45, 2.75) is 65.0 Å². The van der Waals surface area contributed by atoms with E-state index in [1.54, 1.807) is 4.68 Å². The lowest BCUT2D eigenvalue weighted by Crippen LogP contribution is -2.28. The van der Waals surface area contributed by atoms with E-state index in [-0.39, 0.29) is 36.4 Å². The molecule has 3 aromatic rings. The molecule has 172 valence electrons. The van der Waals surface area contributed by atoms with E-state index in [9.17, 15) is 14.4 Å². The lowest BCUT2D eigenvalue weighted by atomic mass is 10.1. The number of H-pyrrole nitrogens is 1. The van der Waals surface area contributed by atoms with Crippen LogP contribution in [0.2, 0.25) is 0 Å². The summed E-state index contributed by atoms with van der Waals surface area (Å²) in [7, 11) is 0. The minimum Gasteiger partial charge on any atom is -0.466 e. The number of rotatable bonds is 5. The summed E-state index contributed by atoms with van der Waals surface area (Å²) in [5, 5.41) is 8.29. The smallest absolute Gasteiger partial charge is 0.307 e. The Kier molecular flexibility index (Phi) is 5.26. The number of carbonyl (C=O) groups excluding carboxylic acids is 2. The van der Waals surface area contributed by atoms with Crippen LogP contribution in [0, 0.1) is 20.8 Å². The van der Waals surface area contributed by atoms with Crippen LogP contribution in [-0.2, 0) is 16.1 Å². The highest BCUT2D eigenvalue weighted by Crippen LogP contribution is 2.41. The summed E-state index contributed by atoms with van der Waals surface area (Å²) < 4.78 is 6.88. The number of amides is 1. The Morgan fingerprint density at radius 1 is 1.21 bits per heavy atom. The number of aryl methyl sites for hydroxylation is 3. The molecule has 1 amide bonds. The summed E-state index contributed by atoms with van der Waals surface area (Å²) in [6, 6.07) is 3.60. The molecule has 33 heavy (non-hydrogen) atoms. The molecular formula is C24H27N5O4. The van der Waals surface area contributed by atoms with E-state index in [0.29, 0.717) is 46.8 Å². The van der Waals surface area contributed by atoms with Crippen molar-refractivity contribution in [3.05, 3.63) is 56.3 Å². The Morgan fingerprint density at radius 2 is 2.00 bits per heavy atom. The van der Waals surface area contributed by atoms with Crippen LogP contribution in [0.15, 0.2) is 16.9 Å². The Labute approximate surface area is 190 Å². The van der Waals surface area contributed by atoms with Gasteiger partial charge in [-0.3, -0.25) is 14.4 Å². The predicted molar refractivity (Wildman–Crippen MR) is 121 cm³/mol. The number of aromatic nitrogens is 4. The molecule has 1 aliphatic carbocycles. The van der Waals surface area contributed by atoms with Gasteiger partial charge in [-0.15, -0.1) is 0 Å². The first-order chi connectivity index (χ1) is 15.8. The van der Waals surface area contributed by atoms with Crippen molar-refractivity contribution in [1.29, 1.82) is 0 Å². The molecule has 1 aliphatic heterocycles. The normalized spacial score (nSPS) is 18.4. The van der Waals surface area contributed by atoms with Crippen molar-refractivity contribution in [1.82, 2.24) is 25.1 Å². The van der Waals surface area contributed by atoms with Crippen molar-refractivity contribution in [3.8, 4) is 0 Å². The number of esters is 1. The molecule has 5 rings (SSSR count). The van der Waals surface area contributed by atoms with Crippen LogP contribution in [0.5, 0.6) is 0 Å². The summed E-state index contributed by atoms with van der Waals surface area (Å²) in [4.78, 5) is 45.2. The van der Waals surface area contributed by atoms with Crippen LogP contribution in [0.4, 0.5) is 0 Å². The predicted octanol–water partition coefficient (Wildman–Crippen LogP) is 2.73. The monoisotopic (exact) mass is 449 g/mol. The second kappa shape index (κ2) is 8.13. The largest absolute Gasteiger partial charge is 0.466 e. The molecule has 4 heterocycles. The number of nitrogens with zero attached hydrogens (tertiary/aromatic N) is 3. The molecule has 3 aromatic heterocycles. The van der Waals surface area contributed by atoms with E-state index in [0.717, 1.165) is 29.8 Å². The van der Waals surface area contributed by atoms with Crippen molar-refractivity contribution in [3.63, 3.8) is 0 Å². The average Bonchev–Trinajstić information content (AvgIpc) is 3.56. The van der Waals surface area contributed by atoms with E-state index in [1.165, 1.54) is 0 Å². The van der Waals surface area contributed by atoms with Gasteiger partial charge in [0.1, 0.15) is 0 Å². The lowest BCUT2D eigenvalue weighted by Gasteiger charge is -2.22. The number of carbonyl (C=O) groups is 2. The number of pyridine rings is 2. The Hall–Kier alpha value is -3.49. The summed E-state index contributed by atoms with van der Waals surface area (Å²) in [5.41, 5.74) is 4.66. The fraction of sp³-hybridized carbons (Fsp3) is 0.458. The summed E-state index contributed by atoms with van der Waals surface area (Å²) >= 11 is 0. The minimum absolute atomic E-state index is 0.129. The van der Waals surface area contributed by atoms with Crippen molar-refractivity contribution in [2.75, 3.05) is 6.61 Å². The molecule has 2 aliphatic rings. The zero-order chi connectivity index (χ0) is 23.3. The van der Waals surface area contributed by atoms with Gasteiger partial charge in [0.05, 0.1) is 35.7 Å². The first-order valence-electron chi connectivity index (χ1n) is 11.3. The van der Waals surface area contributed by atoms with Gasteiger partial charge >= 0.3 is 5.97 Å². The fourth-order valence-corrected chi connectivity index (χ4v) is 4.59. The third-order valence-electron chi connectivity index (χ3n) is 6.48. The third kappa shape index (κ3) is 4.03. The van der Waals surface area contributed by atoms with E-state index in [4.69, 9.17) is 9.72 Å². The number of fused-ring (bicyclic) bond motifs is 1. The zero-order valence-electron chi connectivity index (χ0n) is 19.0. The van der Waals surface area contributed by atoms with E-state index in [2.05, 4.69) is 15.4 Å². The summed E-state index contributed by atoms with van der Waals surface area (Å²) in [6.45, 7) is 6.03. The number of hydrogen-bond acceptors (Lipinski definition) is 6. The molecule has 0 spiro atoms. The number of hydrogen-bond donors (Lipinski definition) is 2. The molecule has 2 N–H and O–H groups in total. The van der Waals surface area contributed by atoms with Gasteiger partial charge in [-0.1, -0.05) is 0 Å². The van der Waals surface area contributed by atoms with Crippen molar-refractivity contribution < 1.29 is 14.3 Å². The average molecular weight is 450 g/mol. The molecule has 1 saturated heterocycles. The second-order valence-corrected chi connectivity index (χ2v) is 9.09. The molecule has 0 bridgehead atoms. The lowest BCUT2D eigenvalue weighted by molar-refractivity contribution is -0.148. The number of cyclic esters (lactones) is 1. The highest BCUT2D eigenvalue weighted by atomic mass is 16.5. The van der Waals surface area contributed by atoms with Crippen LogP contribution < -0.4 is 10.9 Å². The molecule has 0 radical (unpaired) electrons. The molecule has 1 unspecified atom stereocenters. The summed E-state index contributed by atoms with van der Waals surface area (Å²) in [5.74, 6) is -0.181. The van der Waals surface area contributed by atoms with Crippen LogP contribution in [0.25, 0.3) is 11.0 Å². The second-order valence-electron chi connectivity index (χ2n) is 9.09. The first kappa shape index (κ1) is 21.4. The standard InChI is InChI=1S/C24H27N5O4/c1-12-8-13(2)26-24(32)18(12)11-25-23(31)17-10-19(15-4-5-15)27-22-21(17)14(3)28-29(22)16-6-7-33-20(30)9-16/h8,10,15-16H,4-7,9,11H2,1-3H3,(H,25,31)(H,26,32). The highest BCUT2D eigenvalue weighted by Gasteiger charge is 2.31. The third-order valence-corrected chi connectivity index (χ3v) is 6.48. The Bertz CT molecular complexity index is 1330. The first-order valence-corrected chi connectivity index (χ1v) is 11.3. The number of ether oxygens (including phenoxy) is 1. The molecule has 9 nitrogen and oxygen atoms in total. The Balaban J connectivity index is 1.53. The minimum atomic E-state index is -0.269. The SMILES string of the molecule is Cc1cc(C)c(CNC(=O)c2cc(C3CC3)nc3c2c(C)nn3C2CCOC(=O)C2)c(=O)[nH]1. The Morgan fingerprint density at radius 3 is 2.70 bits per heavy atom. The van der Waals surface area contributed by atoms with Crippen LogP contribution in [0.3, 0.4) is 0 Å². The van der Waals surface area contributed by atoms with Crippen molar-refractivity contribution >= 4 is 22.9 Å². The fourth-order valence-electron chi connectivity index (χ4n) is 4.59. The van der Waals surface area contributed by atoms with Gasteiger partial charge in [0.15, 0.2) is 5.65 Å². The maximum absolute atomic E-state index is 13.3. The van der Waals surface area contributed by atoms with Gasteiger partial charge in [0.25, 0.3) is 11.5 Å². The molecule has 2 fully saturated rings. The molecule has 9 heteroatoms. The number of aromatic amines is 1.